The molecule has 0 saturated carbocycles. The van der Waals surface area contributed by atoms with E-state index in [2.05, 4.69) is 5.32 Å². The second kappa shape index (κ2) is 9.82. The average molecular weight is 351 g/mol. The Morgan fingerprint density at radius 3 is 2.17 bits per heavy atom. The van der Waals surface area contributed by atoms with Crippen molar-refractivity contribution >= 4 is 16.1 Å². The van der Waals surface area contributed by atoms with E-state index in [-0.39, 0.29) is 17.4 Å². The molecule has 0 heterocycles. The molecule has 0 radical (unpaired) electrons. The van der Waals surface area contributed by atoms with Gasteiger partial charge in [-0.05, 0) is 31.7 Å². The molecule has 0 spiro atoms. The van der Waals surface area contributed by atoms with Gasteiger partial charge < -0.3 is 10.1 Å². The van der Waals surface area contributed by atoms with E-state index in [9.17, 15) is 13.2 Å². The Morgan fingerprint density at radius 1 is 1.08 bits per heavy atom. The number of carbonyl (C=O) groups excluding carboxylic acids is 1. The normalized spacial score (nSPS) is 10.5. The molecule has 7 heteroatoms. The lowest BCUT2D eigenvalue weighted by Crippen LogP contribution is -2.20. The number of likely N-dealkylation sites (N-methyl/N-ethyl adjacent to an activating group) is 1. The van der Waals surface area contributed by atoms with Crippen LogP contribution in [0.15, 0.2) is 59.5 Å². The van der Waals surface area contributed by atoms with Crippen LogP contribution in [0.25, 0.3) is 0 Å². The molecule has 0 unspecified atom stereocenters. The summed E-state index contributed by atoms with van der Waals surface area (Å²) in [5.41, 5.74) is 1.96. The Morgan fingerprint density at radius 2 is 1.67 bits per heavy atom. The molecule has 2 aromatic rings. The summed E-state index contributed by atoms with van der Waals surface area (Å²) in [6, 6.07) is 15.6. The number of hydrogen-bond donors (Lipinski definition) is 2. The van der Waals surface area contributed by atoms with E-state index in [4.69, 9.17) is 9.29 Å². The van der Waals surface area contributed by atoms with Crippen LogP contribution in [-0.4, -0.2) is 32.5 Å². The molecule has 130 valence electrons. The number of ether oxygens (including phenoxy) is 1. The van der Waals surface area contributed by atoms with Gasteiger partial charge in [-0.15, -0.1) is 0 Å². The van der Waals surface area contributed by atoms with Gasteiger partial charge >= 0.3 is 5.97 Å². The summed E-state index contributed by atoms with van der Waals surface area (Å²) in [7, 11) is -2.31. The van der Waals surface area contributed by atoms with Crippen LogP contribution < -0.4 is 5.32 Å². The van der Waals surface area contributed by atoms with E-state index >= 15 is 0 Å². The zero-order valence-corrected chi connectivity index (χ0v) is 14.4. The van der Waals surface area contributed by atoms with Gasteiger partial charge in [0.2, 0.25) is 0 Å². The molecule has 0 fully saturated rings. The first-order valence-electron chi connectivity index (χ1n) is 7.21. The van der Waals surface area contributed by atoms with Crippen molar-refractivity contribution in [3.63, 3.8) is 0 Å². The van der Waals surface area contributed by atoms with Crippen molar-refractivity contribution in [2.45, 2.75) is 18.4 Å². The maximum atomic E-state index is 10.9. The zero-order chi connectivity index (χ0) is 18.0. The van der Waals surface area contributed by atoms with Crippen molar-refractivity contribution < 1.29 is 22.5 Å². The molecular formula is C17H21NO5S. The second-order valence-corrected chi connectivity index (χ2v) is 6.39. The summed E-state index contributed by atoms with van der Waals surface area (Å²) in [6.07, 6.45) is 0. The lowest BCUT2D eigenvalue weighted by molar-refractivity contribution is -0.143. The van der Waals surface area contributed by atoms with Crippen LogP contribution in [0.5, 0.6) is 0 Å². The van der Waals surface area contributed by atoms with Crippen molar-refractivity contribution in [1.82, 2.24) is 5.32 Å². The van der Waals surface area contributed by atoms with Gasteiger partial charge in [0, 0.05) is 0 Å². The lowest BCUT2D eigenvalue weighted by atomic mass is 10.2. The lowest BCUT2D eigenvalue weighted by Gasteiger charge is -2.03. The number of aryl methyl sites for hydroxylation is 1. The first-order valence-corrected chi connectivity index (χ1v) is 8.65. The molecule has 0 bridgehead atoms. The van der Waals surface area contributed by atoms with E-state index in [0.717, 1.165) is 11.1 Å². The summed E-state index contributed by atoms with van der Waals surface area (Å²) in [5.74, 6) is -0.230. The fourth-order valence-electron chi connectivity index (χ4n) is 1.64. The van der Waals surface area contributed by atoms with E-state index in [1.54, 1.807) is 19.2 Å². The van der Waals surface area contributed by atoms with Crippen LogP contribution in [0, 0.1) is 6.92 Å². The molecule has 0 atom stereocenters. The van der Waals surface area contributed by atoms with E-state index < -0.39 is 10.1 Å². The van der Waals surface area contributed by atoms with Crippen molar-refractivity contribution in [3.8, 4) is 0 Å². The Hall–Kier alpha value is -2.22. The summed E-state index contributed by atoms with van der Waals surface area (Å²) >= 11 is 0. The monoisotopic (exact) mass is 351 g/mol. The predicted molar refractivity (Wildman–Crippen MR) is 91.2 cm³/mol. The molecule has 0 aromatic heterocycles. The van der Waals surface area contributed by atoms with Crippen LogP contribution in [0.1, 0.15) is 11.1 Å². The zero-order valence-electron chi connectivity index (χ0n) is 13.6. The molecule has 2 rings (SSSR count). The highest BCUT2D eigenvalue weighted by molar-refractivity contribution is 7.85. The van der Waals surface area contributed by atoms with Gasteiger partial charge in [0.1, 0.15) is 6.61 Å². The van der Waals surface area contributed by atoms with E-state index in [1.165, 1.54) is 12.1 Å². The average Bonchev–Trinajstić information content (AvgIpc) is 2.54. The summed E-state index contributed by atoms with van der Waals surface area (Å²) in [6.45, 7) is 2.45. The molecule has 2 N–H and O–H groups in total. The molecule has 0 aliphatic heterocycles. The summed E-state index contributed by atoms with van der Waals surface area (Å²) < 4.78 is 34.5. The van der Waals surface area contributed by atoms with Crippen molar-refractivity contribution in [3.05, 3.63) is 65.7 Å². The molecular weight excluding hydrogens is 330 g/mol. The molecule has 6 nitrogen and oxygen atoms in total. The minimum Gasteiger partial charge on any atom is -0.460 e. The van der Waals surface area contributed by atoms with Gasteiger partial charge in [-0.25, -0.2) is 0 Å². The van der Waals surface area contributed by atoms with Crippen molar-refractivity contribution in [1.29, 1.82) is 0 Å². The Labute approximate surface area is 142 Å². The van der Waals surface area contributed by atoms with Crippen molar-refractivity contribution in [2.75, 3.05) is 13.6 Å². The third kappa shape index (κ3) is 7.87. The van der Waals surface area contributed by atoms with Crippen LogP contribution in [-0.2, 0) is 26.3 Å². The minimum atomic E-state index is -4.02. The first-order chi connectivity index (χ1) is 11.3. The topological polar surface area (TPSA) is 92.7 Å². The Kier molecular flexibility index (Phi) is 8.11. The fraction of sp³-hybridized carbons (Fsp3) is 0.235. The molecule has 24 heavy (non-hydrogen) atoms. The second-order valence-electron chi connectivity index (χ2n) is 4.96. The number of esters is 1. The molecule has 2 aromatic carbocycles. The highest BCUT2D eigenvalue weighted by Gasteiger charge is 2.06. The van der Waals surface area contributed by atoms with E-state index in [1.807, 2.05) is 37.3 Å². The third-order valence-corrected chi connectivity index (χ3v) is 3.75. The number of nitrogens with one attached hydrogen (secondary N) is 1. The van der Waals surface area contributed by atoms with Gasteiger partial charge in [-0.3, -0.25) is 9.35 Å². The van der Waals surface area contributed by atoms with Crippen LogP contribution in [0.2, 0.25) is 0 Å². The quantitative estimate of drug-likeness (QED) is 0.634. The maximum absolute atomic E-state index is 10.9. The van der Waals surface area contributed by atoms with Gasteiger partial charge in [0.25, 0.3) is 10.1 Å². The van der Waals surface area contributed by atoms with Crippen molar-refractivity contribution in [2.24, 2.45) is 0 Å². The summed E-state index contributed by atoms with van der Waals surface area (Å²) in [4.78, 5) is 10.9. The smallest absolute Gasteiger partial charge is 0.320 e. The van der Waals surface area contributed by atoms with Crippen LogP contribution in [0.4, 0.5) is 0 Å². The van der Waals surface area contributed by atoms with Crippen LogP contribution in [0.3, 0.4) is 0 Å². The number of rotatable bonds is 5. The fourth-order valence-corrected chi connectivity index (χ4v) is 2.12. The van der Waals surface area contributed by atoms with Crippen LogP contribution >= 0.6 is 0 Å². The van der Waals surface area contributed by atoms with Gasteiger partial charge in [0.15, 0.2) is 0 Å². The Balaban J connectivity index is 0.000000243. The first kappa shape index (κ1) is 19.8. The number of benzene rings is 2. The highest BCUT2D eigenvalue weighted by atomic mass is 32.2. The summed E-state index contributed by atoms with van der Waals surface area (Å²) in [5, 5.41) is 2.73. The molecule has 0 amide bonds. The molecule has 0 aliphatic carbocycles. The standard InChI is InChI=1S/C10H13NO2.C7H8O3S/c1-11-7-10(12)13-8-9-5-3-2-4-6-9;1-6-2-4-7(5-3-6)11(8,9)10/h2-6,11H,7-8H2,1H3;2-5H,1H3,(H,8,9,10). The predicted octanol–water partition coefficient (Wildman–Crippen LogP) is 2.19. The Bertz CT molecular complexity index is 727. The van der Waals surface area contributed by atoms with Gasteiger partial charge in [0.05, 0.1) is 11.4 Å². The SMILES string of the molecule is CNCC(=O)OCc1ccccc1.Cc1ccc(S(=O)(=O)O)cc1. The molecule has 0 aliphatic rings. The van der Waals surface area contributed by atoms with Gasteiger partial charge in [-0.1, -0.05) is 48.0 Å². The van der Waals surface area contributed by atoms with Gasteiger partial charge in [-0.2, -0.15) is 8.42 Å². The largest absolute Gasteiger partial charge is 0.460 e. The number of hydrogen-bond acceptors (Lipinski definition) is 5. The minimum absolute atomic E-state index is 0.0666. The third-order valence-electron chi connectivity index (χ3n) is 2.88. The maximum Gasteiger partial charge on any atom is 0.320 e. The number of carbonyl (C=O) groups is 1. The molecule has 0 saturated heterocycles. The van der Waals surface area contributed by atoms with E-state index in [0.29, 0.717) is 6.61 Å². The highest BCUT2D eigenvalue weighted by Crippen LogP contribution is 2.08.